The van der Waals surface area contributed by atoms with Crippen molar-refractivity contribution in [1.29, 1.82) is 0 Å². The second-order valence-corrected chi connectivity index (χ2v) is 10.0. The second kappa shape index (κ2) is 6.77. The summed E-state index contributed by atoms with van der Waals surface area (Å²) in [6, 6.07) is 8.25. The molecule has 4 fully saturated rings. The molecule has 5 heteroatoms. The van der Waals surface area contributed by atoms with Crippen LogP contribution in [0.2, 0.25) is 0 Å². The van der Waals surface area contributed by atoms with Gasteiger partial charge in [-0.05, 0) is 74.7 Å². The smallest absolute Gasteiger partial charge is 0.230 e. The molecule has 0 unspecified atom stereocenters. The molecule has 0 saturated heterocycles. The highest BCUT2D eigenvalue weighted by Gasteiger charge is 2.53. The number of rotatable bonds is 5. The molecule has 27 heavy (non-hydrogen) atoms. The minimum absolute atomic E-state index is 0.130. The first-order chi connectivity index (χ1) is 13.1. The van der Waals surface area contributed by atoms with Crippen LogP contribution < -0.4 is 5.32 Å². The van der Waals surface area contributed by atoms with Crippen molar-refractivity contribution in [3.8, 4) is 0 Å². The minimum atomic E-state index is 0.130. The number of carbonyl (C=O) groups excluding carboxylic acids is 1. The van der Waals surface area contributed by atoms with Crippen LogP contribution >= 0.6 is 11.8 Å². The molecule has 1 heterocycles. The van der Waals surface area contributed by atoms with E-state index in [0.717, 1.165) is 33.7 Å². The Kier molecular flexibility index (Phi) is 4.38. The van der Waals surface area contributed by atoms with Crippen molar-refractivity contribution < 1.29 is 4.79 Å². The zero-order valence-corrected chi connectivity index (χ0v) is 16.7. The molecule has 4 aliphatic rings. The predicted octanol–water partition coefficient (Wildman–Crippen LogP) is 4.44. The molecule has 4 aliphatic carbocycles. The van der Waals surface area contributed by atoms with Crippen LogP contribution in [-0.2, 0) is 4.79 Å². The number of aromatic nitrogens is 2. The quantitative estimate of drug-likeness (QED) is 0.614. The fourth-order valence-electron chi connectivity index (χ4n) is 6.37. The van der Waals surface area contributed by atoms with Gasteiger partial charge in [-0.15, -0.1) is 0 Å². The number of para-hydroxylation sites is 1. The van der Waals surface area contributed by atoms with Crippen LogP contribution in [0.25, 0.3) is 10.9 Å². The molecule has 1 amide bonds. The normalized spacial score (nSPS) is 32.6. The van der Waals surface area contributed by atoms with Gasteiger partial charge < -0.3 is 5.32 Å². The van der Waals surface area contributed by atoms with E-state index in [4.69, 9.17) is 0 Å². The molecule has 1 aromatic heterocycles. The van der Waals surface area contributed by atoms with Gasteiger partial charge in [-0.3, -0.25) is 4.79 Å². The molecule has 0 aliphatic heterocycles. The Hall–Kier alpha value is -1.62. The lowest BCUT2D eigenvalue weighted by Gasteiger charge is -2.59. The number of hydrogen-bond donors (Lipinski definition) is 1. The van der Waals surface area contributed by atoms with Crippen molar-refractivity contribution in [3.05, 3.63) is 30.6 Å². The van der Waals surface area contributed by atoms with Crippen LogP contribution in [0.3, 0.4) is 0 Å². The maximum atomic E-state index is 12.7. The van der Waals surface area contributed by atoms with Crippen LogP contribution in [0.15, 0.2) is 35.6 Å². The summed E-state index contributed by atoms with van der Waals surface area (Å²) in [7, 11) is 0. The second-order valence-electron chi connectivity index (χ2n) is 9.05. The number of thioether (sulfide) groups is 1. The fraction of sp³-hybridized carbons (Fsp3) is 0.591. The number of hydrogen-bond acceptors (Lipinski definition) is 4. The summed E-state index contributed by atoms with van der Waals surface area (Å²) in [4.78, 5) is 21.4. The highest BCUT2D eigenvalue weighted by atomic mass is 32.2. The summed E-state index contributed by atoms with van der Waals surface area (Å²) in [5, 5.41) is 5.26. The molecule has 0 radical (unpaired) electrons. The van der Waals surface area contributed by atoms with E-state index in [1.165, 1.54) is 50.3 Å². The number of fused-ring (bicyclic) bond motifs is 1. The molecule has 0 spiro atoms. The van der Waals surface area contributed by atoms with Crippen molar-refractivity contribution in [2.45, 2.75) is 56.5 Å². The van der Waals surface area contributed by atoms with Crippen molar-refractivity contribution in [3.63, 3.8) is 0 Å². The maximum absolute atomic E-state index is 12.7. The van der Waals surface area contributed by atoms with Gasteiger partial charge in [0, 0.05) is 11.4 Å². The van der Waals surface area contributed by atoms with Crippen LogP contribution in [0.4, 0.5) is 0 Å². The van der Waals surface area contributed by atoms with E-state index in [-0.39, 0.29) is 11.9 Å². The highest BCUT2D eigenvalue weighted by Crippen LogP contribution is 2.61. The van der Waals surface area contributed by atoms with Gasteiger partial charge in [0.15, 0.2) is 0 Å². The maximum Gasteiger partial charge on any atom is 0.230 e. The monoisotopic (exact) mass is 381 g/mol. The fourth-order valence-corrected chi connectivity index (χ4v) is 7.17. The van der Waals surface area contributed by atoms with E-state index in [9.17, 15) is 4.79 Å². The average molecular weight is 382 g/mol. The summed E-state index contributed by atoms with van der Waals surface area (Å²) in [6.07, 6.45) is 9.88. The standard InChI is InChI=1S/C22H27N3OS/c1-14(22-9-15-6-16(10-22)8-17(7-15)11-22)25-20(26)12-27-21-18-4-2-3-5-19(18)23-13-24-21/h2-5,13-17H,6-12H2,1H3,(H,25,26)/t14-,15?,16?,17?,22?/m1/s1. The van der Waals surface area contributed by atoms with Gasteiger partial charge in [0.2, 0.25) is 5.91 Å². The average Bonchev–Trinajstić information content (AvgIpc) is 2.65. The summed E-state index contributed by atoms with van der Waals surface area (Å²) < 4.78 is 0. The molecule has 1 N–H and O–H groups in total. The molecular weight excluding hydrogens is 354 g/mol. The third-order valence-electron chi connectivity index (χ3n) is 7.23. The molecule has 6 rings (SSSR count). The van der Waals surface area contributed by atoms with Gasteiger partial charge in [0.1, 0.15) is 11.4 Å². The first-order valence-corrected chi connectivity index (χ1v) is 11.2. The third kappa shape index (κ3) is 3.24. The van der Waals surface area contributed by atoms with Gasteiger partial charge in [0.05, 0.1) is 11.3 Å². The van der Waals surface area contributed by atoms with E-state index in [1.807, 2.05) is 24.3 Å². The van der Waals surface area contributed by atoms with Gasteiger partial charge in [-0.1, -0.05) is 30.0 Å². The summed E-state index contributed by atoms with van der Waals surface area (Å²) in [6.45, 7) is 2.25. The molecule has 4 saturated carbocycles. The first-order valence-electron chi connectivity index (χ1n) is 10.2. The van der Waals surface area contributed by atoms with Crippen LogP contribution in [0.1, 0.15) is 45.4 Å². The lowest BCUT2D eigenvalue weighted by Crippen LogP contribution is -2.56. The lowest BCUT2D eigenvalue weighted by atomic mass is 9.48. The molecule has 4 bridgehead atoms. The number of carbonyl (C=O) groups is 1. The zero-order chi connectivity index (χ0) is 18.4. The Morgan fingerprint density at radius 1 is 1.15 bits per heavy atom. The van der Waals surface area contributed by atoms with E-state index >= 15 is 0 Å². The number of nitrogens with zero attached hydrogens (tertiary/aromatic N) is 2. The SMILES string of the molecule is C[C@@H](NC(=O)CSc1ncnc2ccccc12)C12CC3CC(CC(C3)C1)C2. The summed E-state index contributed by atoms with van der Waals surface area (Å²) in [5.74, 6) is 3.29. The molecule has 1 atom stereocenters. The van der Waals surface area contributed by atoms with Crippen molar-refractivity contribution in [2.24, 2.45) is 23.2 Å². The lowest BCUT2D eigenvalue weighted by molar-refractivity contribution is -0.123. The predicted molar refractivity (Wildman–Crippen MR) is 108 cm³/mol. The van der Waals surface area contributed by atoms with Gasteiger partial charge in [0.25, 0.3) is 0 Å². The zero-order valence-electron chi connectivity index (χ0n) is 15.9. The highest BCUT2D eigenvalue weighted by molar-refractivity contribution is 8.00. The van der Waals surface area contributed by atoms with Crippen LogP contribution in [0.5, 0.6) is 0 Å². The number of amides is 1. The van der Waals surface area contributed by atoms with Crippen LogP contribution in [-0.4, -0.2) is 27.7 Å². The minimum Gasteiger partial charge on any atom is -0.352 e. The summed E-state index contributed by atoms with van der Waals surface area (Å²) in [5.41, 5.74) is 1.29. The molecule has 142 valence electrons. The first kappa shape index (κ1) is 17.5. The van der Waals surface area contributed by atoms with Crippen molar-refractivity contribution >= 4 is 28.6 Å². The number of nitrogens with one attached hydrogen (secondary N) is 1. The van der Waals surface area contributed by atoms with Gasteiger partial charge >= 0.3 is 0 Å². The van der Waals surface area contributed by atoms with E-state index in [2.05, 4.69) is 22.2 Å². The van der Waals surface area contributed by atoms with Crippen molar-refractivity contribution in [2.75, 3.05) is 5.75 Å². The Morgan fingerprint density at radius 3 is 2.52 bits per heavy atom. The Labute approximate surface area is 164 Å². The molecule has 1 aromatic carbocycles. The Balaban J connectivity index is 1.23. The van der Waals surface area contributed by atoms with E-state index in [0.29, 0.717) is 11.2 Å². The van der Waals surface area contributed by atoms with E-state index < -0.39 is 0 Å². The molecule has 4 nitrogen and oxygen atoms in total. The summed E-state index contributed by atoms with van der Waals surface area (Å²) >= 11 is 1.51. The van der Waals surface area contributed by atoms with E-state index in [1.54, 1.807) is 6.33 Å². The van der Waals surface area contributed by atoms with Crippen LogP contribution in [0, 0.1) is 23.2 Å². The number of benzene rings is 1. The van der Waals surface area contributed by atoms with Gasteiger partial charge in [-0.25, -0.2) is 9.97 Å². The Bertz CT molecular complexity index is 827. The molecule has 2 aromatic rings. The topological polar surface area (TPSA) is 54.9 Å². The molecular formula is C22H27N3OS. The van der Waals surface area contributed by atoms with Gasteiger partial charge in [-0.2, -0.15) is 0 Å². The Morgan fingerprint density at radius 2 is 1.81 bits per heavy atom. The largest absolute Gasteiger partial charge is 0.352 e. The van der Waals surface area contributed by atoms with Crippen molar-refractivity contribution in [1.82, 2.24) is 15.3 Å². The third-order valence-corrected chi connectivity index (χ3v) is 8.23.